The summed E-state index contributed by atoms with van der Waals surface area (Å²) in [5, 5.41) is 12.3. The van der Waals surface area contributed by atoms with Crippen LogP contribution in [0.25, 0.3) is 0 Å². The van der Waals surface area contributed by atoms with E-state index in [0.29, 0.717) is 5.56 Å². The number of anilines is 1. The van der Waals surface area contributed by atoms with Gasteiger partial charge in [-0.15, -0.1) is 0 Å². The second-order valence-electron chi connectivity index (χ2n) is 4.20. The molecule has 0 spiro atoms. The lowest BCUT2D eigenvalue weighted by atomic mass is 9.99. The Morgan fingerprint density at radius 3 is 2.82 bits per heavy atom. The second kappa shape index (κ2) is 4.75. The first-order valence-electron chi connectivity index (χ1n) is 5.97. The molecule has 1 atom stereocenters. The number of rotatable bonds is 3. The molecule has 1 aromatic carbocycles. The number of carbonyl (C=O) groups is 1. The lowest BCUT2D eigenvalue weighted by Gasteiger charge is -2.40. The van der Waals surface area contributed by atoms with E-state index in [1.807, 2.05) is 30.0 Å². The maximum absolute atomic E-state index is 11.8. The summed E-state index contributed by atoms with van der Waals surface area (Å²) in [7, 11) is 1.63. The molecule has 0 aliphatic carbocycles. The zero-order valence-electron chi connectivity index (χ0n) is 10.2. The molecule has 1 aliphatic rings. The molecular weight excluding hydrogens is 216 g/mol. The van der Waals surface area contributed by atoms with Crippen LogP contribution in [0, 0.1) is 0 Å². The van der Waals surface area contributed by atoms with Crippen molar-refractivity contribution in [2.75, 3.05) is 18.5 Å². The van der Waals surface area contributed by atoms with Crippen molar-refractivity contribution in [2.24, 2.45) is 0 Å². The Balaban J connectivity index is 2.42. The number of nitrogens with one attached hydrogen (secondary N) is 1. The minimum Gasteiger partial charge on any atom is -0.374 e. The number of aliphatic hydroxyl groups is 1. The monoisotopic (exact) mass is 234 g/mol. The number of nitrogens with zero attached hydrogens (tertiary/aromatic N) is 1. The first-order chi connectivity index (χ1) is 8.19. The maximum atomic E-state index is 11.8. The molecule has 0 aromatic heterocycles. The predicted molar refractivity (Wildman–Crippen MR) is 67.2 cm³/mol. The molecule has 1 heterocycles. The van der Waals surface area contributed by atoms with Gasteiger partial charge in [0.15, 0.2) is 0 Å². The van der Waals surface area contributed by atoms with Crippen LogP contribution in [0.1, 0.15) is 29.3 Å². The Hall–Kier alpha value is -1.55. The average Bonchev–Trinajstić information content (AvgIpc) is 2.35. The first kappa shape index (κ1) is 11.9. The Morgan fingerprint density at radius 2 is 2.35 bits per heavy atom. The molecule has 0 saturated carbocycles. The van der Waals surface area contributed by atoms with E-state index in [2.05, 4.69) is 5.32 Å². The van der Waals surface area contributed by atoms with Crippen LogP contribution in [-0.4, -0.2) is 30.8 Å². The van der Waals surface area contributed by atoms with Crippen LogP contribution in [-0.2, 0) is 6.42 Å². The van der Waals surface area contributed by atoms with Gasteiger partial charge in [0.05, 0.1) is 0 Å². The molecule has 1 saturated heterocycles. The fourth-order valence-electron chi connectivity index (χ4n) is 2.22. The van der Waals surface area contributed by atoms with Crippen molar-refractivity contribution in [3.8, 4) is 0 Å². The summed E-state index contributed by atoms with van der Waals surface area (Å²) in [6.45, 7) is 2.88. The van der Waals surface area contributed by atoms with Gasteiger partial charge in [-0.1, -0.05) is 13.0 Å². The zero-order chi connectivity index (χ0) is 12.4. The topological polar surface area (TPSA) is 52.6 Å². The van der Waals surface area contributed by atoms with Gasteiger partial charge in [0.2, 0.25) is 0 Å². The Labute approximate surface area is 101 Å². The van der Waals surface area contributed by atoms with Crippen molar-refractivity contribution in [3.05, 3.63) is 29.3 Å². The van der Waals surface area contributed by atoms with Gasteiger partial charge in [-0.3, -0.25) is 4.79 Å². The number of benzene rings is 1. The summed E-state index contributed by atoms with van der Waals surface area (Å²) < 4.78 is 0. The zero-order valence-corrected chi connectivity index (χ0v) is 10.2. The van der Waals surface area contributed by atoms with Gasteiger partial charge in [-0.05, 0) is 24.1 Å². The molecule has 92 valence electrons. The molecular formula is C13H18N2O2. The van der Waals surface area contributed by atoms with Crippen LogP contribution in [0.3, 0.4) is 0 Å². The fraction of sp³-hybridized carbons (Fsp3) is 0.462. The molecule has 4 heteroatoms. The number of amides is 1. The van der Waals surface area contributed by atoms with E-state index < -0.39 is 6.23 Å². The van der Waals surface area contributed by atoms with Crippen molar-refractivity contribution in [3.63, 3.8) is 0 Å². The minimum absolute atomic E-state index is 0.0706. The highest BCUT2D eigenvalue weighted by molar-refractivity contribution is 5.97. The third kappa shape index (κ3) is 2.00. The third-order valence-electron chi connectivity index (χ3n) is 3.27. The lowest BCUT2D eigenvalue weighted by Crippen LogP contribution is -2.48. The van der Waals surface area contributed by atoms with Gasteiger partial charge in [0.25, 0.3) is 5.91 Å². The van der Waals surface area contributed by atoms with Crippen LogP contribution >= 0.6 is 0 Å². The van der Waals surface area contributed by atoms with E-state index in [9.17, 15) is 9.90 Å². The Kier molecular flexibility index (Phi) is 3.33. The largest absolute Gasteiger partial charge is 0.374 e. The van der Waals surface area contributed by atoms with E-state index in [4.69, 9.17) is 0 Å². The number of aliphatic hydroxyl groups excluding tert-OH is 1. The molecule has 17 heavy (non-hydrogen) atoms. The molecule has 2 rings (SSSR count). The molecule has 4 nitrogen and oxygen atoms in total. The van der Waals surface area contributed by atoms with Gasteiger partial charge in [0, 0.05) is 31.3 Å². The van der Waals surface area contributed by atoms with Crippen LogP contribution in [0.5, 0.6) is 0 Å². The molecule has 2 N–H and O–H groups in total. The normalized spacial score (nSPS) is 18.8. The summed E-state index contributed by atoms with van der Waals surface area (Å²) in [6.07, 6.45) is 1.18. The summed E-state index contributed by atoms with van der Waals surface area (Å²) in [4.78, 5) is 13.7. The summed E-state index contributed by atoms with van der Waals surface area (Å²) >= 11 is 0. The summed E-state index contributed by atoms with van der Waals surface area (Å²) in [5.41, 5.74) is 2.68. The maximum Gasteiger partial charge on any atom is 0.251 e. The van der Waals surface area contributed by atoms with Crippen molar-refractivity contribution < 1.29 is 9.90 Å². The highest BCUT2D eigenvalue weighted by Gasteiger charge is 2.28. The molecule has 1 unspecified atom stereocenters. The summed E-state index contributed by atoms with van der Waals surface area (Å²) in [5.74, 6) is -0.0706. The van der Waals surface area contributed by atoms with Gasteiger partial charge >= 0.3 is 0 Å². The molecule has 1 amide bonds. The van der Waals surface area contributed by atoms with Crippen LogP contribution in [0.2, 0.25) is 0 Å². The third-order valence-corrected chi connectivity index (χ3v) is 3.27. The second-order valence-corrected chi connectivity index (χ2v) is 4.20. The van der Waals surface area contributed by atoms with Crippen molar-refractivity contribution >= 4 is 11.6 Å². The SMILES string of the molecule is CCc1c(C(=O)NC)cccc1N1CCC1O. The molecule has 0 bridgehead atoms. The van der Waals surface area contributed by atoms with Crippen molar-refractivity contribution in [1.29, 1.82) is 0 Å². The van der Waals surface area contributed by atoms with Crippen LogP contribution < -0.4 is 10.2 Å². The van der Waals surface area contributed by atoms with E-state index in [1.54, 1.807) is 7.05 Å². The van der Waals surface area contributed by atoms with Gasteiger partial charge in [-0.2, -0.15) is 0 Å². The molecule has 1 aromatic rings. The fourth-order valence-corrected chi connectivity index (χ4v) is 2.22. The van der Waals surface area contributed by atoms with Gasteiger partial charge < -0.3 is 15.3 Å². The number of hydrogen-bond donors (Lipinski definition) is 2. The van der Waals surface area contributed by atoms with Crippen molar-refractivity contribution in [2.45, 2.75) is 26.0 Å². The standard InChI is InChI=1S/C13H18N2O2/c1-3-9-10(13(17)14-2)5-4-6-11(9)15-8-7-12(15)16/h4-6,12,16H,3,7-8H2,1-2H3,(H,14,17). The van der Waals surface area contributed by atoms with E-state index in [-0.39, 0.29) is 5.91 Å². The Morgan fingerprint density at radius 1 is 1.59 bits per heavy atom. The smallest absolute Gasteiger partial charge is 0.251 e. The number of hydrogen-bond acceptors (Lipinski definition) is 3. The predicted octanol–water partition coefficient (Wildman–Crippen LogP) is 1.14. The quantitative estimate of drug-likeness (QED) is 0.824. The highest BCUT2D eigenvalue weighted by Crippen LogP contribution is 2.30. The lowest BCUT2D eigenvalue weighted by molar-refractivity contribution is 0.0960. The molecule has 1 fully saturated rings. The van der Waals surface area contributed by atoms with E-state index in [0.717, 1.165) is 30.6 Å². The van der Waals surface area contributed by atoms with Crippen LogP contribution in [0.15, 0.2) is 18.2 Å². The minimum atomic E-state index is -0.403. The number of carbonyl (C=O) groups excluding carboxylic acids is 1. The van der Waals surface area contributed by atoms with Gasteiger partial charge in [-0.25, -0.2) is 0 Å². The Bertz CT molecular complexity index is 431. The summed E-state index contributed by atoms with van der Waals surface area (Å²) in [6, 6.07) is 5.66. The first-order valence-corrected chi connectivity index (χ1v) is 5.97. The average molecular weight is 234 g/mol. The van der Waals surface area contributed by atoms with Crippen LogP contribution in [0.4, 0.5) is 5.69 Å². The molecule has 0 radical (unpaired) electrons. The van der Waals surface area contributed by atoms with E-state index in [1.165, 1.54) is 0 Å². The van der Waals surface area contributed by atoms with E-state index >= 15 is 0 Å². The van der Waals surface area contributed by atoms with Gasteiger partial charge in [0.1, 0.15) is 6.23 Å². The highest BCUT2D eigenvalue weighted by atomic mass is 16.3. The molecule has 1 aliphatic heterocycles. The van der Waals surface area contributed by atoms with Crippen molar-refractivity contribution in [1.82, 2.24) is 5.32 Å².